The number of ether oxygens (including phenoxy) is 1. The molecule has 0 atom stereocenters. The zero-order valence-electron chi connectivity index (χ0n) is 15.0. The zero-order valence-corrected chi connectivity index (χ0v) is 15.0. The highest BCUT2D eigenvalue weighted by Gasteiger charge is 2.14. The van der Waals surface area contributed by atoms with Crippen LogP contribution in [0.25, 0.3) is 0 Å². The normalized spacial score (nSPS) is 11.0. The average molecular weight is 340 g/mol. The average Bonchev–Trinajstić information content (AvgIpc) is 3.03. The van der Waals surface area contributed by atoms with Crippen LogP contribution in [-0.2, 0) is 0 Å². The molecule has 0 saturated carbocycles. The molecule has 2 rings (SSSR count). The highest BCUT2D eigenvalue weighted by molar-refractivity contribution is 5.80. The lowest BCUT2D eigenvalue weighted by molar-refractivity contribution is 0.306. The van der Waals surface area contributed by atoms with E-state index in [-0.39, 0.29) is 17.5 Å². The summed E-state index contributed by atoms with van der Waals surface area (Å²) >= 11 is 0. The highest BCUT2D eigenvalue weighted by Crippen LogP contribution is 2.22. The van der Waals surface area contributed by atoms with Gasteiger partial charge in [-0.15, -0.1) is 0 Å². The van der Waals surface area contributed by atoms with Crippen molar-refractivity contribution in [2.45, 2.75) is 46.0 Å². The molecule has 1 aromatic carbocycles. The SMILES string of the molecule is CCCCCOc1ccc(/C=N/Nc2oc(C(C)C)nc2C#N)cc1. The second kappa shape index (κ2) is 9.48. The number of nitriles is 1. The number of nitrogens with one attached hydrogen (secondary N) is 1. The molecule has 0 aliphatic carbocycles. The van der Waals surface area contributed by atoms with Crippen LogP contribution in [0.5, 0.6) is 5.75 Å². The minimum absolute atomic E-state index is 0.108. The van der Waals surface area contributed by atoms with Gasteiger partial charge >= 0.3 is 0 Å². The predicted octanol–water partition coefficient (Wildman–Crippen LogP) is 4.68. The summed E-state index contributed by atoms with van der Waals surface area (Å²) in [7, 11) is 0. The summed E-state index contributed by atoms with van der Waals surface area (Å²) in [6, 6.07) is 9.67. The fourth-order valence-electron chi connectivity index (χ4n) is 2.09. The first-order chi connectivity index (χ1) is 12.1. The summed E-state index contributed by atoms with van der Waals surface area (Å²) in [6.45, 7) is 6.81. The number of nitrogens with zero attached hydrogens (tertiary/aromatic N) is 3. The standard InChI is InChI=1S/C19H24N4O2/c1-4-5-6-11-24-16-9-7-15(8-10-16)13-21-23-19-17(12-20)22-18(25-19)14(2)3/h7-10,13-14,23H,4-6,11H2,1-3H3/b21-13+. The summed E-state index contributed by atoms with van der Waals surface area (Å²) in [5, 5.41) is 13.2. The third-order valence-electron chi connectivity index (χ3n) is 3.52. The Hall–Kier alpha value is -2.81. The van der Waals surface area contributed by atoms with Crippen molar-refractivity contribution < 1.29 is 9.15 Å². The van der Waals surface area contributed by atoms with Crippen molar-refractivity contribution in [3.8, 4) is 11.8 Å². The first kappa shape index (κ1) is 18.5. The highest BCUT2D eigenvalue weighted by atomic mass is 16.5. The maximum atomic E-state index is 9.09. The fraction of sp³-hybridized carbons (Fsp3) is 0.421. The second-order valence-corrected chi connectivity index (χ2v) is 5.99. The maximum absolute atomic E-state index is 9.09. The smallest absolute Gasteiger partial charge is 0.252 e. The summed E-state index contributed by atoms with van der Waals surface area (Å²) in [5.74, 6) is 1.73. The molecule has 0 fully saturated rings. The maximum Gasteiger partial charge on any atom is 0.252 e. The van der Waals surface area contributed by atoms with Gasteiger partial charge in [-0.25, -0.2) is 10.4 Å². The minimum atomic E-state index is 0.108. The molecule has 0 aliphatic heterocycles. The Labute approximate surface area is 148 Å². The van der Waals surface area contributed by atoms with Crippen LogP contribution in [0.15, 0.2) is 33.8 Å². The van der Waals surface area contributed by atoms with Crippen LogP contribution in [-0.4, -0.2) is 17.8 Å². The quantitative estimate of drug-likeness (QED) is 0.407. The van der Waals surface area contributed by atoms with Crippen LogP contribution >= 0.6 is 0 Å². The first-order valence-corrected chi connectivity index (χ1v) is 8.56. The molecular weight excluding hydrogens is 316 g/mol. The number of benzene rings is 1. The molecule has 0 unspecified atom stereocenters. The third kappa shape index (κ3) is 5.64. The van der Waals surface area contributed by atoms with Gasteiger partial charge in [-0.3, -0.25) is 0 Å². The van der Waals surface area contributed by atoms with E-state index in [0.717, 1.165) is 24.3 Å². The van der Waals surface area contributed by atoms with E-state index in [4.69, 9.17) is 14.4 Å². The topological polar surface area (TPSA) is 83.4 Å². The number of aromatic nitrogens is 1. The molecule has 0 saturated heterocycles. The van der Waals surface area contributed by atoms with Gasteiger partial charge in [0.2, 0.25) is 11.6 Å². The Kier molecular flexibility index (Phi) is 7.02. The van der Waals surface area contributed by atoms with Crippen molar-refractivity contribution in [1.29, 1.82) is 5.26 Å². The summed E-state index contributed by atoms with van der Waals surface area (Å²) in [4.78, 5) is 4.13. The number of rotatable bonds is 9. The van der Waals surface area contributed by atoms with Gasteiger partial charge in [-0.05, 0) is 36.2 Å². The summed E-state index contributed by atoms with van der Waals surface area (Å²) < 4.78 is 11.2. The molecule has 0 radical (unpaired) electrons. The van der Waals surface area contributed by atoms with Crippen LogP contribution in [0.2, 0.25) is 0 Å². The zero-order chi connectivity index (χ0) is 18.1. The van der Waals surface area contributed by atoms with Crippen LogP contribution in [0, 0.1) is 11.3 Å². The molecule has 1 N–H and O–H groups in total. The molecule has 0 bridgehead atoms. The van der Waals surface area contributed by atoms with Crippen molar-refractivity contribution in [2.75, 3.05) is 12.0 Å². The molecule has 1 aromatic heterocycles. The Morgan fingerprint density at radius 2 is 2.08 bits per heavy atom. The Bertz CT molecular complexity index is 727. The molecule has 2 aromatic rings. The van der Waals surface area contributed by atoms with Gasteiger partial charge in [-0.1, -0.05) is 33.6 Å². The van der Waals surface area contributed by atoms with Crippen LogP contribution < -0.4 is 10.2 Å². The van der Waals surface area contributed by atoms with E-state index >= 15 is 0 Å². The van der Waals surface area contributed by atoms with Crippen LogP contribution in [0.1, 0.15) is 63.1 Å². The Morgan fingerprint density at radius 1 is 1.32 bits per heavy atom. The molecule has 6 heteroatoms. The number of hydrogen-bond acceptors (Lipinski definition) is 6. The van der Waals surface area contributed by atoms with E-state index < -0.39 is 0 Å². The molecule has 6 nitrogen and oxygen atoms in total. The summed E-state index contributed by atoms with van der Waals surface area (Å²) in [6.07, 6.45) is 5.09. The third-order valence-corrected chi connectivity index (χ3v) is 3.52. The van der Waals surface area contributed by atoms with Gasteiger partial charge < -0.3 is 9.15 Å². The number of unbranched alkanes of at least 4 members (excludes halogenated alkanes) is 2. The number of oxazole rings is 1. The van der Waals surface area contributed by atoms with Crippen molar-refractivity contribution in [1.82, 2.24) is 4.98 Å². The Balaban J connectivity index is 1.91. The lowest BCUT2D eigenvalue weighted by Gasteiger charge is -2.05. The monoisotopic (exact) mass is 340 g/mol. The lowest BCUT2D eigenvalue weighted by atomic mass is 10.2. The minimum Gasteiger partial charge on any atom is -0.494 e. The van der Waals surface area contributed by atoms with E-state index in [1.807, 2.05) is 44.2 Å². The number of anilines is 1. The predicted molar refractivity (Wildman–Crippen MR) is 98.0 cm³/mol. The number of hydrazone groups is 1. The van der Waals surface area contributed by atoms with E-state index in [0.29, 0.717) is 5.89 Å². The van der Waals surface area contributed by atoms with Gasteiger partial charge in [0.25, 0.3) is 5.88 Å². The molecule has 0 spiro atoms. The molecule has 132 valence electrons. The van der Waals surface area contributed by atoms with Crippen LogP contribution in [0.4, 0.5) is 5.88 Å². The van der Waals surface area contributed by atoms with Gasteiger partial charge in [0.15, 0.2) is 0 Å². The van der Waals surface area contributed by atoms with E-state index in [2.05, 4.69) is 22.4 Å². The molecule has 0 amide bonds. The number of hydrogen-bond donors (Lipinski definition) is 1. The molecule has 25 heavy (non-hydrogen) atoms. The Morgan fingerprint density at radius 3 is 2.72 bits per heavy atom. The van der Waals surface area contributed by atoms with Gasteiger partial charge in [0, 0.05) is 5.92 Å². The van der Waals surface area contributed by atoms with E-state index in [9.17, 15) is 0 Å². The second-order valence-electron chi connectivity index (χ2n) is 5.99. The summed E-state index contributed by atoms with van der Waals surface area (Å²) in [5.41, 5.74) is 3.86. The fourth-order valence-corrected chi connectivity index (χ4v) is 2.09. The molecule has 1 heterocycles. The van der Waals surface area contributed by atoms with Gasteiger partial charge in [-0.2, -0.15) is 10.4 Å². The van der Waals surface area contributed by atoms with Crippen molar-refractivity contribution in [3.63, 3.8) is 0 Å². The van der Waals surface area contributed by atoms with Crippen LogP contribution in [0.3, 0.4) is 0 Å². The van der Waals surface area contributed by atoms with Gasteiger partial charge in [0.1, 0.15) is 11.8 Å². The largest absolute Gasteiger partial charge is 0.494 e. The van der Waals surface area contributed by atoms with Crippen molar-refractivity contribution in [2.24, 2.45) is 5.10 Å². The molecule has 0 aliphatic rings. The molecular formula is C19H24N4O2. The van der Waals surface area contributed by atoms with Gasteiger partial charge in [0.05, 0.1) is 12.8 Å². The van der Waals surface area contributed by atoms with E-state index in [1.165, 1.54) is 12.8 Å². The van der Waals surface area contributed by atoms with Crippen molar-refractivity contribution in [3.05, 3.63) is 41.4 Å². The first-order valence-electron chi connectivity index (χ1n) is 8.56. The van der Waals surface area contributed by atoms with E-state index in [1.54, 1.807) is 6.21 Å². The van der Waals surface area contributed by atoms with Crippen molar-refractivity contribution >= 4 is 12.1 Å². The lowest BCUT2D eigenvalue weighted by Crippen LogP contribution is -1.97.